The van der Waals surface area contributed by atoms with Crippen LogP contribution in [0.2, 0.25) is 0 Å². The SMILES string of the molecule is CC1CC(=O)C(N)=C2C(=O)C(=O)C3C(C3(C)C)C21C. The molecule has 2 saturated carbocycles. The molecule has 3 rings (SSSR count). The largest absolute Gasteiger partial charge is 0.395 e. The number of Topliss-reactive ketones (excluding diaryl/α,β-unsaturated/α-hetero) is 3. The molecule has 0 saturated heterocycles. The fourth-order valence-electron chi connectivity index (χ4n) is 4.62. The Bertz CT molecular complexity index is 572. The lowest BCUT2D eigenvalue weighted by Gasteiger charge is -2.44. The zero-order valence-corrected chi connectivity index (χ0v) is 11.7. The van der Waals surface area contributed by atoms with Crippen LogP contribution in [0.5, 0.6) is 0 Å². The molecule has 0 bridgehead atoms. The summed E-state index contributed by atoms with van der Waals surface area (Å²) in [5, 5.41) is 0. The number of nitrogens with two attached hydrogens (primary N) is 1. The van der Waals surface area contributed by atoms with Crippen LogP contribution in [0.25, 0.3) is 0 Å². The lowest BCUT2D eigenvalue weighted by atomic mass is 9.58. The van der Waals surface area contributed by atoms with Gasteiger partial charge in [0.1, 0.15) is 0 Å². The third-order valence-electron chi connectivity index (χ3n) is 5.83. The quantitative estimate of drug-likeness (QED) is 0.665. The first-order valence-electron chi connectivity index (χ1n) is 6.77. The van der Waals surface area contributed by atoms with Gasteiger partial charge in [-0.2, -0.15) is 0 Å². The molecule has 0 aromatic carbocycles. The number of carbonyl (C=O) groups excluding carboxylic acids is 3. The van der Waals surface area contributed by atoms with Crippen LogP contribution in [0, 0.1) is 28.6 Å². The van der Waals surface area contributed by atoms with E-state index in [4.69, 9.17) is 5.73 Å². The highest BCUT2D eigenvalue weighted by atomic mass is 16.2. The van der Waals surface area contributed by atoms with Crippen LogP contribution >= 0.6 is 0 Å². The summed E-state index contributed by atoms with van der Waals surface area (Å²) in [7, 11) is 0. The lowest BCUT2D eigenvalue weighted by molar-refractivity contribution is -0.139. The molecule has 19 heavy (non-hydrogen) atoms. The van der Waals surface area contributed by atoms with Crippen LogP contribution in [0.15, 0.2) is 11.3 Å². The summed E-state index contributed by atoms with van der Waals surface area (Å²) in [5.74, 6) is -1.09. The highest BCUT2D eigenvalue weighted by Crippen LogP contribution is 2.73. The Hall–Kier alpha value is -1.45. The number of ketones is 3. The van der Waals surface area contributed by atoms with E-state index >= 15 is 0 Å². The number of rotatable bonds is 0. The van der Waals surface area contributed by atoms with Crippen LogP contribution in [0.1, 0.15) is 34.1 Å². The first kappa shape index (κ1) is 12.6. The molecule has 3 aliphatic carbocycles. The van der Waals surface area contributed by atoms with Crippen molar-refractivity contribution in [1.29, 1.82) is 0 Å². The highest BCUT2D eigenvalue weighted by Gasteiger charge is 2.75. The third kappa shape index (κ3) is 1.18. The monoisotopic (exact) mass is 261 g/mol. The molecular weight excluding hydrogens is 242 g/mol. The fourth-order valence-corrected chi connectivity index (χ4v) is 4.62. The summed E-state index contributed by atoms with van der Waals surface area (Å²) >= 11 is 0. The number of hydrogen-bond acceptors (Lipinski definition) is 4. The topological polar surface area (TPSA) is 77.2 Å². The Balaban J connectivity index is 2.27. The van der Waals surface area contributed by atoms with E-state index in [2.05, 4.69) is 0 Å². The smallest absolute Gasteiger partial charge is 0.227 e. The molecule has 2 N–H and O–H groups in total. The Labute approximate surface area is 112 Å². The molecule has 0 aliphatic heterocycles. The minimum absolute atomic E-state index is 0.0279. The number of fused-ring (bicyclic) bond motifs is 3. The van der Waals surface area contributed by atoms with Gasteiger partial charge in [-0.15, -0.1) is 0 Å². The summed E-state index contributed by atoms with van der Waals surface area (Å²) < 4.78 is 0. The van der Waals surface area contributed by atoms with Gasteiger partial charge < -0.3 is 5.73 Å². The maximum atomic E-state index is 12.4. The van der Waals surface area contributed by atoms with E-state index in [0.717, 1.165) is 0 Å². The Kier molecular flexibility index (Phi) is 2.10. The molecule has 4 heteroatoms. The number of allylic oxidation sites excluding steroid dienone is 2. The van der Waals surface area contributed by atoms with Crippen molar-refractivity contribution < 1.29 is 14.4 Å². The summed E-state index contributed by atoms with van der Waals surface area (Å²) in [5.41, 5.74) is 5.58. The van der Waals surface area contributed by atoms with Crippen LogP contribution in [0.3, 0.4) is 0 Å². The molecule has 0 aromatic rings. The first-order chi connectivity index (χ1) is 8.65. The van der Waals surface area contributed by atoms with Gasteiger partial charge in [-0.1, -0.05) is 27.7 Å². The summed E-state index contributed by atoms with van der Waals surface area (Å²) in [6, 6.07) is 0. The van der Waals surface area contributed by atoms with Crippen molar-refractivity contribution in [2.24, 2.45) is 34.3 Å². The maximum Gasteiger partial charge on any atom is 0.227 e. The second kappa shape index (κ2) is 3.17. The van der Waals surface area contributed by atoms with Crippen molar-refractivity contribution in [1.82, 2.24) is 0 Å². The van der Waals surface area contributed by atoms with E-state index in [1.54, 1.807) is 0 Å². The highest BCUT2D eigenvalue weighted by molar-refractivity contribution is 6.47. The normalized spacial score (nSPS) is 44.0. The van der Waals surface area contributed by atoms with Gasteiger partial charge >= 0.3 is 0 Å². The van der Waals surface area contributed by atoms with E-state index in [1.165, 1.54) is 0 Å². The molecule has 0 aromatic heterocycles. The average molecular weight is 261 g/mol. The number of hydrogen-bond donors (Lipinski definition) is 1. The average Bonchev–Trinajstić information content (AvgIpc) is 2.88. The zero-order valence-electron chi connectivity index (χ0n) is 11.7. The van der Waals surface area contributed by atoms with Crippen LogP contribution in [-0.4, -0.2) is 17.3 Å². The summed E-state index contributed by atoms with van der Waals surface area (Å²) in [4.78, 5) is 36.4. The van der Waals surface area contributed by atoms with Gasteiger partial charge in [-0.25, -0.2) is 0 Å². The van der Waals surface area contributed by atoms with Crippen LogP contribution < -0.4 is 5.73 Å². The molecule has 3 aliphatic rings. The van der Waals surface area contributed by atoms with E-state index in [0.29, 0.717) is 12.0 Å². The Morgan fingerprint density at radius 1 is 1.16 bits per heavy atom. The van der Waals surface area contributed by atoms with Gasteiger partial charge in [0.2, 0.25) is 11.6 Å². The molecular formula is C15H19NO3. The van der Waals surface area contributed by atoms with Crippen molar-refractivity contribution in [3.05, 3.63) is 11.3 Å². The van der Waals surface area contributed by atoms with Crippen LogP contribution in [-0.2, 0) is 14.4 Å². The summed E-state index contributed by atoms with van der Waals surface area (Å²) in [6.45, 7) is 8.05. The van der Waals surface area contributed by atoms with E-state index < -0.39 is 11.2 Å². The van der Waals surface area contributed by atoms with Crippen molar-refractivity contribution in [3.8, 4) is 0 Å². The van der Waals surface area contributed by atoms with Gasteiger partial charge in [0.25, 0.3) is 0 Å². The van der Waals surface area contributed by atoms with Gasteiger partial charge in [0, 0.05) is 23.3 Å². The van der Waals surface area contributed by atoms with Crippen molar-refractivity contribution in [2.75, 3.05) is 0 Å². The van der Waals surface area contributed by atoms with Crippen molar-refractivity contribution >= 4 is 17.3 Å². The van der Waals surface area contributed by atoms with Gasteiger partial charge in [0.15, 0.2) is 5.78 Å². The molecule has 102 valence electrons. The lowest BCUT2D eigenvalue weighted by Crippen LogP contribution is -2.48. The molecule has 4 atom stereocenters. The minimum atomic E-state index is -0.522. The second-order valence-electron chi connectivity index (χ2n) is 7.07. The standard InChI is InChI=1S/C15H19NO3/c1-6-5-7(17)10(16)8-11(18)12(19)9-13(14(9,2)3)15(6,8)4/h6,9,13H,5,16H2,1-4H3. The molecule has 0 heterocycles. The summed E-state index contributed by atoms with van der Waals surface area (Å²) in [6.07, 6.45) is 0.368. The van der Waals surface area contributed by atoms with Gasteiger partial charge in [-0.05, 0) is 17.3 Å². The molecule has 0 spiro atoms. The predicted octanol–water partition coefficient (Wildman–Crippen LogP) is 1.24. The van der Waals surface area contributed by atoms with E-state index in [9.17, 15) is 14.4 Å². The van der Waals surface area contributed by atoms with Crippen LogP contribution in [0.4, 0.5) is 0 Å². The Morgan fingerprint density at radius 2 is 1.74 bits per heavy atom. The molecule has 0 amide bonds. The van der Waals surface area contributed by atoms with Gasteiger partial charge in [-0.3, -0.25) is 14.4 Å². The van der Waals surface area contributed by atoms with E-state index in [1.807, 2.05) is 27.7 Å². The molecule has 2 fully saturated rings. The minimum Gasteiger partial charge on any atom is -0.395 e. The van der Waals surface area contributed by atoms with Gasteiger partial charge in [0.05, 0.1) is 5.70 Å². The second-order valence-corrected chi connectivity index (χ2v) is 7.07. The zero-order chi connectivity index (χ0) is 14.3. The number of carbonyl (C=O) groups is 3. The molecule has 4 unspecified atom stereocenters. The third-order valence-corrected chi connectivity index (χ3v) is 5.83. The van der Waals surface area contributed by atoms with Crippen molar-refractivity contribution in [3.63, 3.8) is 0 Å². The molecule has 0 radical (unpaired) electrons. The molecule has 4 nitrogen and oxygen atoms in total. The van der Waals surface area contributed by atoms with E-state index in [-0.39, 0.29) is 40.4 Å². The predicted molar refractivity (Wildman–Crippen MR) is 68.9 cm³/mol. The first-order valence-corrected chi connectivity index (χ1v) is 6.77. The fraction of sp³-hybridized carbons (Fsp3) is 0.667. The van der Waals surface area contributed by atoms with Crippen molar-refractivity contribution in [2.45, 2.75) is 34.1 Å². The maximum absolute atomic E-state index is 12.4. The Morgan fingerprint density at radius 3 is 2.32 bits per heavy atom.